The van der Waals surface area contributed by atoms with Gasteiger partial charge in [-0.3, -0.25) is 0 Å². The Morgan fingerprint density at radius 1 is 1.26 bits per heavy atom. The molecule has 0 saturated carbocycles. The van der Waals surface area contributed by atoms with Gasteiger partial charge in [-0.05, 0) is 50.2 Å². The predicted octanol–water partition coefficient (Wildman–Crippen LogP) is 3.40. The average Bonchev–Trinajstić information content (AvgIpc) is 3.11. The van der Waals surface area contributed by atoms with E-state index in [0.717, 1.165) is 37.6 Å². The first-order valence-corrected chi connectivity index (χ1v) is 8.35. The number of nitrogens with one attached hydrogen (secondary N) is 1. The van der Waals surface area contributed by atoms with Gasteiger partial charge in [0.2, 0.25) is 5.89 Å². The highest BCUT2D eigenvalue weighted by Gasteiger charge is 2.38. The molecule has 1 fully saturated rings. The Hall–Kier alpha value is -2.33. The Morgan fingerprint density at radius 2 is 1.85 bits per heavy atom. The molecule has 0 aliphatic carbocycles. The summed E-state index contributed by atoms with van der Waals surface area (Å²) in [6.45, 7) is 2.28. The number of piperidine rings is 1. The predicted molar refractivity (Wildman–Crippen MR) is 88.6 cm³/mol. The van der Waals surface area contributed by atoms with E-state index in [9.17, 15) is 13.2 Å². The molecule has 11 heteroatoms. The molecular weight excluding hydrogens is 391 g/mol. The van der Waals surface area contributed by atoms with Gasteiger partial charge in [-0.2, -0.15) is 13.2 Å². The second-order valence-corrected chi connectivity index (χ2v) is 6.04. The molecule has 0 radical (unpaired) electrons. The molecule has 2 aromatic rings. The maximum absolute atomic E-state index is 10.6. The number of aromatic nitrogens is 2. The zero-order chi connectivity index (χ0) is 19.9. The van der Waals surface area contributed by atoms with Crippen molar-refractivity contribution in [3.05, 3.63) is 41.1 Å². The monoisotopic (exact) mass is 407 g/mol. The van der Waals surface area contributed by atoms with Crippen LogP contribution in [0.3, 0.4) is 0 Å². The van der Waals surface area contributed by atoms with Crippen LogP contribution in [0.4, 0.5) is 13.2 Å². The number of hydrogen-bond donors (Lipinski definition) is 2. The smallest absolute Gasteiger partial charge is 0.484 e. The Kier molecular flexibility index (Phi) is 7.43. The van der Waals surface area contributed by atoms with E-state index in [1.54, 1.807) is 12.1 Å². The zero-order valence-corrected chi connectivity index (χ0v) is 14.8. The first-order chi connectivity index (χ1) is 12.8. The van der Waals surface area contributed by atoms with Gasteiger partial charge in [-0.15, -0.1) is 10.2 Å². The van der Waals surface area contributed by atoms with Gasteiger partial charge in [0.1, 0.15) is 5.75 Å². The fourth-order valence-electron chi connectivity index (χ4n) is 2.23. The van der Waals surface area contributed by atoms with Crippen molar-refractivity contribution < 1.29 is 32.2 Å². The average molecular weight is 408 g/mol. The molecule has 27 heavy (non-hydrogen) atoms. The van der Waals surface area contributed by atoms with Crippen molar-refractivity contribution in [3.63, 3.8) is 0 Å². The summed E-state index contributed by atoms with van der Waals surface area (Å²) in [5.74, 6) is -0.425. The van der Waals surface area contributed by atoms with E-state index < -0.39 is 12.1 Å². The van der Waals surface area contributed by atoms with Gasteiger partial charge in [0, 0.05) is 10.9 Å². The lowest BCUT2D eigenvalue weighted by molar-refractivity contribution is -0.192. The number of carbonyl (C=O) groups is 1. The van der Waals surface area contributed by atoms with Crippen LogP contribution in [0.15, 0.2) is 28.7 Å². The maximum Gasteiger partial charge on any atom is 0.490 e. The summed E-state index contributed by atoms with van der Waals surface area (Å²) in [6.07, 6.45) is -3.00. The van der Waals surface area contributed by atoms with E-state index in [0.29, 0.717) is 16.8 Å². The summed E-state index contributed by atoms with van der Waals surface area (Å²) < 4.78 is 43.0. The topological polar surface area (TPSA) is 97.5 Å². The van der Waals surface area contributed by atoms with Gasteiger partial charge in [-0.1, -0.05) is 11.6 Å². The third-order valence-electron chi connectivity index (χ3n) is 3.59. The molecule has 148 valence electrons. The summed E-state index contributed by atoms with van der Waals surface area (Å²) in [5.41, 5.74) is 0. The van der Waals surface area contributed by atoms with E-state index >= 15 is 0 Å². The zero-order valence-electron chi connectivity index (χ0n) is 14.0. The minimum Gasteiger partial charge on any atom is -0.484 e. The Balaban J connectivity index is 0.000000321. The number of hydrogen-bond acceptors (Lipinski definition) is 6. The van der Waals surface area contributed by atoms with Crippen molar-refractivity contribution in [3.8, 4) is 5.75 Å². The number of rotatable bonds is 4. The van der Waals surface area contributed by atoms with Crippen LogP contribution in [-0.4, -0.2) is 40.5 Å². The van der Waals surface area contributed by atoms with Gasteiger partial charge in [0.15, 0.2) is 6.61 Å². The van der Waals surface area contributed by atoms with E-state index in [1.165, 1.54) is 0 Å². The molecule has 0 bridgehead atoms. The summed E-state index contributed by atoms with van der Waals surface area (Å²) in [6, 6.07) is 7.19. The van der Waals surface area contributed by atoms with Gasteiger partial charge in [0.05, 0.1) is 0 Å². The van der Waals surface area contributed by atoms with Crippen molar-refractivity contribution in [1.29, 1.82) is 0 Å². The molecule has 1 saturated heterocycles. The highest BCUT2D eigenvalue weighted by atomic mass is 35.5. The minimum absolute atomic E-state index is 0.277. The second-order valence-electron chi connectivity index (χ2n) is 5.60. The highest BCUT2D eigenvalue weighted by molar-refractivity contribution is 6.30. The maximum atomic E-state index is 10.6. The van der Waals surface area contributed by atoms with E-state index in [2.05, 4.69) is 15.5 Å². The number of carboxylic acid groups (broad SMARTS) is 1. The minimum atomic E-state index is -5.08. The molecular formula is C16H17ClF3N3O4. The molecule has 7 nitrogen and oxygen atoms in total. The second kappa shape index (κ2) is 9.56. The van der Waals surface area contributed by atoms with Crippen molar-refractivity contribution in [2.45, 2.75) is 31.5 Å². The molecule has 2 heterocycles. The number of halogens is 4. The molecule has 0 unspecified atom stereocenters. The van der Waals surface area contributed by atoms with Crippen LogP contribution in [0, 0.1) is 0 Å². The van der Waals surface area contributed by atoms with Crippen LogP contribution >= 0.6 is 11.6 Å². The van der Waals surface area contributed by atoms with Gasteiger partial charge in [-0.25, -0.2) is 4.79 Å². The van der Waals surface area contributed by atoms with Gasteiger partial charge in [0.25, 0.3) is 5.89 Å². The summed E-state index contributed by atoms with van der Waals surface area (Å²) in [4.78, 5) is 8.90. The van der Waals surface area contributed by atoms with Crippen molar-refractivity contribution >= 4 is 17.6 Å². The largest absolute Gasteiger partial charge is 0.490 e. The molecule has 1 aliphatic heterocycles. The lowest BCUT2D eigenvalue weighted by Gasteiger charge is -2.18. The van der Waals surface area contributed by atoms with E-state index in [1.807, 2.05) is 12.1 Å². The molecule has 0 atom stereocenters. The van der Waals surface area contributed by atoms with Crippen LogP contribution in [0.25, 0.3) is 0 Å². The molecule has 0 spiro atoms. The van der Waals surface area contributed by atoms with Crippen LogP contribution in [0.5, 0.6) is 5.75 Å². The number of nitrogens with zero attached hydrogens (tertiary/aromatic N) is 2. The Labute approximate surface area is 157 Å². The number of aliphatic carboxylic acids is 1. The molecule has 1 aromatic heterocycles. The van der Waals surface area contributed by atoms with Crippen molar-refractivity contribution in [2.24, 2.45) is 0 Å². The van der Waals surface area contributed by atoms with Crippen molar-refractivity contribution in [1.82, 2.24) is 15.5 Å². The fourth-order valence-corrected chi connectivity index (χ4v) is 2.36. The quantitative estimate of drug-likeness (QED) is 0.801. The number of benzene rings is 1. The molecule has 0 amide bonds. The normalized spacial score (nSPS) is 15.0. The fraction of sp³-hybridized carbons (Fsp3) is 0.438. The third-order valence-corrected chi connectivity index (χ3v) is 3.84. The molecule has 1 aromatic carbocycles. The van der Waals surface area contributed by atoms with Crippen LogP contribution in [0.1, 0.15) is 30.5 Å². The molecule has 3 rings (SSSR count). The lowest BCUT2D eigenvalue weighted by Crippen LogP contribution is -2.26. The van der Waals surface area contributed by atoms with Crippen LogP contribution in [-0.2, 0) is 11.4 Å². The number of carboxylic acids is 1. The SMILES string of the molecule is Clc1ccc(OCc2nnc(C3CCNCC3)o2)cc1.O=C(O)C(F)(F)F. The van der Waals surface area contributed by atoms with E-state index in [-0.39, 0.29) is 6.61 Å². The number of alkyl halides is 3. The summed E-state index contributed by atoms with van der Waals surface area (Å²) >= 11 is 5.82. The Morgan fingerprint density at radius 3 is 2.41 bits per heavy atom. The van der Waals surface area contributed by atoms with E-state index in [4.69, 9.17) is 30.7 Å². The first-order valence-electron chi connectivity index (χ1n) is 7.97. The van der Waals surface area contributed by atoms with Crippen LogP contribution < -0.4 is 10.1 Å². The van der Waals surface area contributed by atoms with Crippen LogP contribution in [0.2, 0.25) is 5.02 Å². The third kappa shape index (κ3) is 7.06. The first kappa shape index (κ1) is 21.0. The Bertz CT molecular complexity index is 731. The summed E-state index contributed by atoms with van der Waals surface area (Å²) in [5, 5.41) is 19.3. The van der Waals surface area contributed by atoms with Crippen molar-refractivity contribution in [2.75, 3.05) is 13.1 Å². The standard InChI is InChI=1S/C14H16ClN3O2.C2HF3O2/c15-11-1-3-12(4-2-11)19-9-13-17-18-14(20-13)10-5-7-16-8-6-10;3-2(4,5)1(6)7/h1-4,10,16H,5-9H2;(H,6,7). The highest BCUT2D eigenvalue weighted by Crippen LogP contribution is 2.24. The molecule has 1 aliphatic rings. The summed E-state index contributed by atoms with van der Waals surface area (Å²) in [7, 11) is 0. The molecule has 2 N–H and O–H groups in total. The van der Waals surface area contributed by atoms with Gasteiger partial charge < -0.3 is 19.6 Å². The number of ether oxygens (including phenoxy) is 1. The lowest BCUT2D eigenvalue weighted by atomic mass is 9.98. The van der Waals surface area contributed by atoms with Gasteiger partial charge >= 0.3 is 12.1 Å².